The molecule has 3 aromatic heterocycles. The van der Waals surface area contributed by atoms with Gasteiger partial charge in [0.05, 0.1) is 23.5 Å². The molecule has 0 atom stereocenters. The van der Waals surface area contributed by atoms with Gasteiger partial charge in [0.25, 0.3) is 0 Å². The van der Waals surface area contributed by atoms with Gasteiger partial charge in [-0.1, -0.05) is 48.5 Å². The molecule has 5 rings (SSSR count). The van der Waals surface area contributed by atoms with Gasteiger partial charge in [-0.25, -0.2) is 14.8 Å². The van der Waals surface area contributed by atoms with Crippen molar-refractivity contribution in [1.29, 1.82) is 0 Å². The summed E-state index contributed by atoms with van der Waals surface area (Å²) in [4.78, 5) is 26.4. The molecule has 1 N–H and O–H groups in total. The van der Waals surface area contributed by atoms with Gasteiger partial charge in [-0.2, -0.15) is 0 Å². The SMILES string of the molecule is Cc1ncc(CO)c2cc(-c3nc(-c4ccccc4)c4ccccc4n3)c(=O)oc12. The van der Waals surface area contributed by atoms with Gasteiger partial charge in [-0.15, -0.1) is 0 Å². The van der Waals surface area contributed by atoms with E-state index in [9.17, 15) is 9.90 Å². The first-order chi connectivity index (χ1) is 14.7. The van der Waals surface area contributed by atoms with Gasteiger partial charge in [0, 0.05) is 28.1 Å². The molecule has 0 bridgehead atoms. The van der Waals surface area contributed by atoms with Crippen LogP contribution in [0, 0.1) is 6.92 Å². The monoisotopic (exact) mass is 395 g/mol. The fraction of sp³-hybridized carbons (Fsp3) is 0.0833. The lowest BCUT2D eigenvalue weighted by molar-refractivity contribution is 0.282. The predicted octanol–water partition coefficient (Wildman–Crippen LogP) is 4.27. The van der Waals surface area contributed by atoms with Crippen LogP contribution in [0.5, 0.6) is 0 Å². The third kappa shape index (κ3) is 2.94. The summed E-state index contributed by atoms with van der Waals surface area (Å²) in [7, 11) is 0. The average Bonchev–Trinajstić information content (AvgIpc) is 2.79. The van der Waals surface area contributed by atoms with Crippen LogP contribution < -0.4 is 5.63 Å². The van der Waals surface area contributed by atoms with E-state index in [1.165, 1.54) is 0 Å². The lowest BCUT2D eigenvalue weighted by Crippen LogP contribution is -2.08. The molecule has 2 aromatic carbocycles. The van der Waals surface area contributed by atoms with Gasteiger partial charge < -0.3 is 9.52 Å². The molecular formula is C24H17N3O3. The fourth-order valence-electron chi connectivity index (χ4n) is 3.58. The molecule has 0 aliphatic carbocycles. The molecule has 0 fully saturated rings. The standard InChI is InChI=1S/C24H17N3O3/c1-14-22-18(16(13-28)12-25-14)11-19(24(29)30-22)23-26-20-10-6-5-9-17(20)21(27-23)15-7-3-2-4-8-15/h2-12,28H,13H2,1H3. The summed E-state index contributed by atoms with van der Waals surface area (Å²) in [5, 5.41) is 11.2. The molecule has 0 amide bonds. The third-order valence-corrected chi connectivity index (χ3v) is 5.10. The number of benzene rings is 2. The van der Waals surface area contributed by atoms with E-state index in [1.54, 1.807) is 19.2 Å². The Balaban J connectivity index is 1.83. The highest BCUT2D eigenvalue weighted by Crippen LogP contribution is 2.29. The summed E-state index contributed by atoms with van der Waals surface area (Å²) >= 11 is 0. The van der Waals surface area contributed by atoms with E-state index < -0.39 is 5.63 Å². The topological polar surface area (TPSA) is 89.1 Å². The second kappa shape index (κ2) is 7.17. The second-order valence-corrected chi connectivity index (χ2v) is 7.00. The van der Waals surface area contributed by atoms with E-state index in [0.29, 0.717) is 22.2 Å². The second-order valence-electron chi connectivity index (χ2n) is 7.00. The Morgan fingerprint density at radius 1 is 0.967 bits per heavy atom. The van der Waals surface area contributed by atoms with E-state index in [4.69, 9.17) is 9.40 Å². The molecule has 0 saturated heterocycles. The van der Waals surface area contributed by atoms with Crippen LogP contribution in [0.3, 0.4) is 0 Å². The van der Waals surface area contributed by atoms with Crippen molar-refractivity contribution >= 4 is 21.9 Å². The third-order valence-electron chi connectivity index (χ3n) is 5.10. The number of nitrogens with zero attached hydrogens (tertiary/aromatic N) is 3. The van der Waals surface area contributed by atoms with Gasteiger partial charge in [0.1, 0.15) is 5.56 Å². The van der Waals surface area contributed by atoms with Crippen LogP contribution in [0.4, 0.5) is 0 Å². The first-order valence-electron chi connectivity index (χ1n) is 9.51. The Morgan fingerprint density at radius 2 is 1.73 bits per heavy atom. The Morgan fingerprint density at radius 3 is 2.53 bits per heavy atom. The number of hydrogen-bond acceptors (Lipinski definition) is 6. The van der Waals surface area contributed by atoms with Crippen LogP contribution in [-0.2, 0) is 6.61 Å². The average molecular weight is 395 g/mol. The molecule has 6 nitrogen and oxygen atoms in total. The van der Waals surface area contributed by atoms with Crippen LogP contribution in [0.15, 0.2) is 76.1 Å². The number of aromatic nitrogens is 3. The van der Waals surface area contributed by atoms with Crippen LogP contribution in [0.2, 0.25) is 0 Å². The number of hydrogen-bond donors (Lipinski definition) is 1. The number of aliphatic hydroxyl groups is 1. The lowest BCUT2D eigenvalue weighted by Gasteiger charge is -2.10. The maximum atomic E-state index is 12.8. The van der Waals surface area contributed by atoms with Crippen molar-refractivity contribution < 1.29 is 9.52 Å². The minimum absolute atomic E-state index is 0.217. The fourth-order valence-corrected chi connectivity index (χ4v) is 3.58. The summed E-state index contributed by atoms with van der Waals surface area (Å²) in [6, 6.07) is 19.1. The Bertz CT molecular complexity index is 1460. The van der Waals surface area contributed by atoms with Gasteiger partial charge in [-0.3, -0.25) is 4.98 Å². The lowest BCUT2D eigenvalue weighted by atomic mass is 10.1. The van der Waals surface area contributed by atoms with Gasteiger partial charge >= 0.3 is 5.63 Å². The largest absolute Gasteiger partial charge is 0.420 e. The number of aliphatic hydroxyl groups excluding tert-OH is 1. The Labute approximate surface area is 171 Å². The molecule has 0 unspecified atom stereocenters. The molecule has 6 heteroatoms. The maximum Gasteiger partial charge on any atom is 0.347 e. The molecule has 5 aromatic rings. The van der Waals surface area contributed by atoms with Crippen LogP contribution in [0.25, 0.3) is 44.5 Å². The van der Waals surface area contributed by atoms with E-state index in [2.05, 4.69) is 9.97 Å². The van der Waals surface area contributed by atoms with Crippen molar-refractivity contribution in [3.8, 4) is 22.6 Å². The maximum absolute atomic E-state index is 12.8. The Kier molecular flexibility index (Phi) is 4.34. The first-order valence-corrected chi connectivity index (χ1v) is 9.51. The first kappa shape index (κ1) is 18.1. The Hall–Kier alpha value is -3.90. The summed E-state index contributed by atoms with van der Waals surface area (Å²) in [6.07, 6.45) is 1.58. The van der Waals surface area contributed by atoms with Gasteiger partial charge in [0.2, 0.25) is 0 Å². The molecule has 146 valence electrons. The molecular weight excluding hydrogens is 378 g/mol. The molecule has 0 saturated carbocycles. The molecule has 30 heavy (non-hydrogen) atoms. The molecule has 0 aliphatic heterocycles. The van der Waals surface area contributed by atoms with Crippen LogP contribution in [-0.4, -0.2) is 20.1 Å². The van der Waals surface area contributed by atoms with E-state index in [-0.39, 0.29) is 18.0 Å². The van der Waals surface area contributed by atoms with Crippen molar-refractivity contribution in [2.24, 2.45) is 0 Å². The van der Waals surface area contributed by atoms with Crippen molar-refractivity contribution in [2.75, 3.05) is 0 Å². The van der Waals surface area contributed by atoms with Gasteiger partial charge in [-0.05, 0) is 19.1 Å². The van der Waals surface area contributed by atoms with Crippen LogP contribution in [0.1, 0.15) is 11.3 Å². The van der Waals surface area contributed by atoms with Crippen molar-refractivity contribution in [2.45, 2.75) is 13.5 Å². The highest BCUT2D eigenvalue weighted by molar-refractivity contribution is 5.94. The molecule has 3 heterocycles. The van der Waals surface area contributed by atoms with Crippen molar-refractivity contribution in [3.05, 3.63) is 88.5 Å². The van der Waals surface area contributed by atoms with E-state index in [0.717, 1.165) is 22.2 Å². The minimum Gasteiger partial charge on any atom is -0.420 e. The number of aryl methyl sites for hydroxylation is 1. The summed E-state index contributed by atoms with van der Waals surface area (Å²) in [6.45, 7) is 1.54. The number of rotatable bonds is 3. The van der Waals surface area contributed by atoms with Crippen molar-refractivity contribution in [3.63, 3.8) is 0 Å². The quantitative estimate of drug-likeness (QED) is 0.491. The van der Waals surface area contributed by atoms with Gasteiger partial charge in [0.15, 0.2) is 11.4 Å². The summed E-state index contributed by atoms with van der Waals surface area (Å²) in [5.74, 6) is 0.279. The molecule has 0 aliphatic rings. The summed E-state index contributed by atoms with van der Waals surface area (Å²) < 4.78 is 5.57. The predicted molar refractivity (Wildman–Crippen MR) is 115 cm³/mol. The van der Waals surface area contributed by atoms with Crippen LogP contribution >= 0.6 is 0 Å². The number of para-hydroxylation sites is 1. The molecule has 0 radical (unpaired) electrons. The normalized spacial score (nSPS) is 11.3. The highest BCUT2D eigenvalue weighted by atomic mass is 16.4. The highest BCUT2D eigenvalue weighted by Gasteiger charge is 2.17. The zero-order chi connectivity index (χ0) is 20.7. The summed E-state index contributed by atoms with van der Waals surface area (Å²) in [5.41, 5.74) is 3.61. The van der Waals surface area contributed by atoms with Crippen molar-refractivity contribution in [1.82, 2.24) is 15.0 Å². The van der Waals surface area contributed by atoms with E-state index >= 15 is 0 Å². The molecule has 0 spiro atoms. The minimum atomic E-state index is -0.545. The number of fused-ring (bicyclic) bond motifs is 2. The smallest absolute Gasteiger partial charge is 0.347 e. The zero-order valence-corrected chi connectivity index (χ0v) is 16.2. The van der Waals surface area contributed by atoms with E-state index in [1.807, 2.05) is 54.6 Å². The zero-order valence-electron chi connectivity index (χ0n) is 16.2. The number of pyridine rings is 1.